The average molecular weight is 380 g/mol. The second-order valence-corrected chi connectivity index (χ2v) is 6.30. The number of nitrogens with zero attached hydrogens (tertiary/aromatic N) is 5. The van der Waals surface area contributed by atoms with Crippen LogP contribution in [0.15, 0.2) is 51.9 Å². The Morgan fingerprint density at radius 3 is 2.79 bits per heavy atom. The summed E-state index contributed by atoms with van der Waals surface area (Å²) in [7, 11) is 0. The van der Waals surface area contributed by atoms with Crippen molar-refractivity contribution in [3.05, 3.63) is 63.2 Å². The van der Waals surface area contributed by atoms with Crippen molar-refractivity contribution >= 4 is 23.1 Å². The van der Waals surface area contributed by atoms with Crippen LogP contribution in [-0.2, 0) is 4.74 Å². The molecule has 1 unspecified atom stereocenters. The number of nitrogens with one attached hydrogen (secondary N) is 1. The predicted molar refractivity (Wildman–Crippen MR) is 102 cm³/mol. The van der Waals surface area contributed by atoms with Gasteiger partial charge in [-0.25, -0.2) is 9.98 Å². The SMILES string of the molecule is O=NC(=O)c1cnc2c(c1)NC(c1cccc(N=O)c1)N=C2N1CCOCC1. The summed E-state index contributed by atoms with van der Waals surface area (Å²) >= 11 is 0. The zero-order valence-corrected chi connectivity index (χ0v) is 14.7. The summed E-state index contributed by atoms with van der Waals surface area (Å²) in [6.07, 6.45) is 0.806. The Morgan fingerprint density at radius 1 is 1.21 bits per heavy atom. The number of hydrogen-bond acceptors (Lipinski definition) is 9. The lowest BCUT2D eigenvalue weighted by Crippen LogP contribution is -2.43. The number of carbonyl (C=O) groups is 1. The molecule has 142 valence electrons. The normalized spacial score (nSPS) is 18.5. The first-order chi connectivity index (χ1) is 13.7. The number of ether oxygens (including phenoxy) is 1. The highest BCUT2D eigenvalue weighted by Gasteiger charge is 2.28. The second kappa shape index (κ2) is 7.61. The van der Waals surface area contributed by atoms with Gasteiger partial charge in [0.25, 0.3) is 0 Å². The van der Waals surface area contributed by atoms with Crippen molar-refractivity contribution in [1.29, 1.82) is 0 Å². The van der Waals surface area contributed by atoms with E-state index >= 15 is 0 Å². The van der Waals surface area contributed by atoms with Gasteiger partial charge in [-0.15, -0.1) is 9.81 Å². The molecule has 28 heavy (non-hydrogen) atoms. The van der Waals surface area contributed by atoms with Crippen LogP contribution in [0.3, 0.4) is 0 Å². The van der Waals surface area contributed by atoms with Gasteiger partial charge in [0.2, 0.25) is 0 Å². The van der Waals surface area contributed by atoms with Gasteiger partial charge in [0.1, 0.15) is 17.5 Å². The third kappa shape index (κ3) is 3.37. The van der Waals surface area contributed by atoms with E-state index in [4.69, 9.17) is 9.73 Å². The van der Waals surface area contributed by atoms with Crippen molar-refractivity contribution in [2.24, 2.45) is 15.3 Å². The van der Waals surface area contributed by atoms with Crippen molar-refractivity contribution in [2.75, 3.05) is 31.6 Å². The van der Waals surface area contributed by atoms with Gasteiger partial charge < -0.3 is 15.0 Å². The molecular weight excluding hydrogens is 364 g/mol. The largest absolute Gasteiger partial charge is 0.378 e. The van der Waals surface area contributed by atoms with Gasteiger partial charge in [-0.2, -0.15) is 0 Å². The van der Waals surface area contributed by atoms with E-state index in [1.165, 1.54) is 12.3 Å². The number of fused-ring (bicyclic) bond motifs is 1. The minimum absolute atomic E-state index is 0.0894. The van der Waals surface area contributed by atoms with Crippen molar-refractivity contribution in [3.8, 4) is 0 Å². The van der Waals surface area contributed by atoms with E-state index in [9.17, 15) is 14.6 Å². The molecular formula is C18H16N6O4. The third-order valence-corrected chi connectivity index (χ3v) is 4.57. The number of rotatable bonds is 3. The molecule has 1 N–H and O–H groups in total. The molecule has 1 fully saturated rings. The molecule has 0 radical (unpaired) electrons. The first kappa shape index (κ1) is 17.9. The molecule has 1 atom stereocenters. The summed E-state index contributed by atoms with van der Waals surface area (Å²) in [6, 6.07) is 8.34. The van der Waals surface area contributed by atoms with E-state index in [-0.39, 0.29) is 5.56 Å². The number of amidine groups is 1. The van der Waals surface area contributed by atoms with Crippen LogP contribution in [0.5, 0.6) is 0 Å². The lowest BCUT2D eigenvalue weighted by atomic mass is 10.1. The van der Waals surface area contributed by atoms with Crippen LogP contribution in [0.4, 0.5) is 11.4 Å². The molecule has 4 rings (SSSR count). The maximum Gasteiger partial charge on any atom is 0.318 e. The highest BCUT2D eigenvalue weighted by molar-refractivity contribution is 6.05. The summed E-state index contributed by atoms with van der Waals surface area (Å²) in [4.78, 5) is 44.4. The highest BCUT2D eigenvalue weighted by atomic mass is 16.5. The molecule has 10 nitrogen and oxygen atoms in total. The van der Waals surface area contributed by atoms with E-state index in [2.05, 4.69) is 25.6 Å². The quantitative estimate of drug-likeness (QED) is 0.811. The zero-order chi connectivity index (χ0) is 19.5. The number of pyridine rings is 1. The molecule has 0 aliphatic carbocycles. The topological polar surface area (TPSA) is 126 Å². The fourth-order valence-corrected chi connectivity index (χ4v) is 3.20. The van der Waals surface area contributed by atoms with Gasteiger partial charge >= 0.3 is 5.91 Å². The van der Waals surface area contributed by atoms with Gasteiger partial charge in [-0.1, -0.05) is 12.1 Å². The van der Waals surface area contributed by atoms with Crippen molar-refractivity contribution in [2.45, 2.75) is 6.17 Å². The standard InChI is InChI=1S/C18H16N6O4/c25-18(23-27)12-9-14-15(19-10-12)17(24-4-6-28-7-5-24)21-16(20-14)11-2-1-3-13(8-11)22-26/h1-3,8-10,16,20H,4-7H2. The summed E-state index contributed by atoms with van der Waals surface area (Å²) < 4.78 is 5.41. The van der Waals surface area contributed by atoms with Crippen LogP contribution in [0.2, 0.25) is 0 Å². The molecule has 1 saturated heterocycles. The van der Waals surface area contributed by atoms with E-state index < -0.39 is 12.1 Å². The molecule has 1 amide bonds. The summed E-state index contributed by atoms with van der Waals surface area (Å²) in [6.45, 7) is 2.45. The van der Waals surface area contributed by atoms with E-state index in [1.807, 2.05) is 6.07 Å². The number of amides is 1. The molecule has 1 aromatic carbocycles. The first-order valence-electron chi connectivity index (χ1n) is 8.68. The number of benzene rings is 1. The molecule has 2 aromatic rings. The first-order valence-corrected chi connectivity index (χ1v) is 8.68. The van der Waals surface area contributed by atoms with Gasteiger partial charge in [0.15, 0.2) is 5.84 Å². The van der Waals surface area contributed by atoms with Gasteiger partial charge in [0.05, 0.1) is 24.5 Å². The van der Waals surface area contributed by atoms with Crippen LogP contribution in [0.1, 0.15) is 27.8 Å². The van der Waals surface area contributed by atoms with Crippen molar-refractivity contribution in [1.82, 2.24) is 9.88 Å². The zero-order valence-electron chi connectivity index (χ0n) is 14.7. The minimum Gasteiger partial charge on any atom is -0.378 e. The van der Waals surface area contributed by atoms with Crippen LogP contribution >= 0.6 is 0 Å². The van der Waals surface area contributed by atoms with Gasteiger partial charge in [0, 0.05) is 24.5 Å². The van der Waals surface area contributed by atoms with Crippen LogP contribution < -0.4 is 5.32 Å². The Labute approximate surface area is 159 Å². The Kier molecular flexibility index (Phi) is 4.85. The molecule has 0 saturated carbocycles. The fourth-order valence-electron chi connectivity index (χ4n) is 3.20. The number of morpholine rings is 1. The van der Waals surface area contributed by atoms with E-state index in [0.29, 0.717) is 49.2 Å². The molecule has 0 bridgehead atoms. The lowest BCUT2D eigenvalue weighted by molar-refractivity contribution is 0.0679. The van der Waals surface area contributed by atoms with Crippen LogP contribution in [-0.4, -0.2) is 47.9 Å². The molecule has 0 spiro atoms. The van der Waals surface area contributed by atoms with E-state index in [1.54, 1.807) is 18.2 Å². The molecule has 2 aliphatic heterocycles. The van der Waals surface area contributed by atoms with Crippen molar-refractivity contribution < 1.29 is 9.53 Å². The minimum atomic E-state index is -0.892. The monoisotopic (exact) mass is 380 g/mol. The molecule has 3 heterocycles. The summed E-state index contributed by atoms with van der Waals surface area (Å²) in [5.41, 5.74) is 2.25. The third-order valence-electron chi connectivity index (χ3n) is 4.57. The van der Waals surface area contributed by atoms with Crippen LogP contribution in [0.25, 0.3) is 0 Å². The molecule has 1 aromatic heterocycles. The predicted octanol–water partition coefficient (Wildman–Crippen LogP) is 2.59. The number of aromatic nitrogens is 1. The summed E-state index contributed by atoms with van der Waals surface area (Å²) in [5.74, 6) is -0.235. The maximum absolute atomic E-state index is 11.7. The van der Waals surface area contributed by atoms with Gasteiger partial charge in [-0.3, -0.25) is 4.79 Å². The number of nitroso groups, excluding NO2 is 2. The molecule has 2 aliphatic rings. The second-order valence-electron chi connectivity index (χ2n) is 6.30. The fraction of sp³-hybridized carbons (Fsp3) is 0.278. The smallest absolute Gasteiger partial charge is 0.318 e. The van der Waals surface area contributed by atoms with Gasteiger partial charge in [-0.05, 0) is 28.9 Å². The van der Waals surface area contributed by atoms with Crippen LogP contribution in [0, 0.1) is 9.81 Å². The molecule has 10 heteroatoms. The van der Waals surface area contributed by atoms with Crippen molar-refractivity contribution in [3.63, 3.8) is 0 Å². The number of hydrogen-bond donors (Lipinski definition) is 1. The summed E-state index contributed by atoms with van der Waals surface area (Å²) in [5, 5.41) is 8.63. The Bertz CT molecular complexity index is 970. The number of carbonyl (C=O) groups excluding carboxylic acids is 1. The average Bonchev–Trinajstić information content (AvgIpc) is 2.78. The Morgan fingerprint density at radius 2 is 2.04 bits per heavy atom. The Balaban J connectivity index is 1.78. The highest BCUT2D eigenvalue weighted by Crippen LogP contribution is 2.32. The Hall–Kier alpha value is -3.53. The number of aliphatic imine (C=N–C) groups is 1. The van der Waals surface area contributed by atoms with E-state index in [0.717, 1.165) is 5.56 Å². The lowest BCUT2D eigenvalue weighted by Gasteiger charge is -2.34. The maximum atomic E-state index is 11.7. The number of anilines is 1.